The molecule has 4 nitrogen and oxygen atoms in total. The van der Waals surface area contributed by atoms with E-state index in [-0.39, 0.29) is 6.03 Å². The van der Waals surface area contributed by atoms with Crippen LogP contribution in [0.1, 0.15) is 38.2 Å². The van der Waals surface area contributed by atoms with E-state index in [1.165, 1.54) is 6.42 Å². The van der Waals surface area contributed by atoms with Gasteiger partial charge in [0.25, 0.3) is 0 Å². The molecule has 0 radical (unpaired) electrons. The number of benzene rings is 1. The van der Waals surface area contributed by atoms with Crippen molar-refractivity contribution in [1.29, 1.82) is 0 Å². The third-order valence-corrected chi connectivity index (χ3v) is 3.61. The van der Waals surface area contributed by atoms with Crippen LogP contribution in [0.3, 0.4) is 0 Å². The van der Waals surface area contributed by atoms with Gasteiger partial charge in [-0.15, -0.1) is 0 Å². The number of rotatable bonds is 7. The number of nitrogens with zero attached hydrogens (tertiary/aromatic N) is 1. The Balaban J connectivity index is 2.12. The largest absolute Gasteiger partial charge is 0.493 e. The first-order chi connectivity index (χ1) is 10.3. The molecule has 1 aliphatic rings. The van der Waals surface area contributed by atoms with Crippen molar-refractivity contribution in [2.45, 2.75) is 32.6 Å². The zero-order valence-corrected chi connectivity index (χ0v) is 12.7. The summed E-state index contributed by atoms with van der Waals surface area (Å²) in [6.45, 7) is 8.19. The first kappa shape index (κ1) is 15.4. The molecule has 1 aliphatic heterocycles. The van der Waals surface area contributed by atoms with Crippen LogP contribution in [0.15, 0.2) is 24.8 Å². The standard InChI is InChI=1S/C17H24N2O2/c1-3-5-6-12-21-16-13-15(9-8-14(16)4-2)19-11-7-10-18-17(19)20/h4,8-9,13H,2-3,5-7,10-12H2,1H3,(H,18,20). The maximum Gasteiger partial charge on any atom is 0.321 e. The molecule has 0 aliphatic carbocycles. The third kappa shape index (κ3) is 4.00. The molecule has 1 aromatic rings. The summed E-state index contributed by atoms with van der Waals surface area (Å²) in [7, 11) is 0. The van der Waals surface area contributed by atoms with Crippen molar-refractivity contribution in [3.63, 3.8) is 0 Å². The Labute approximate surface area is 126 Å². The second-order valence-electron chi connectivity index (χ2n) is 5.22. The lowest BCUT2D eigenvalue weighted by atomic mass is 10.1. The van der Waals surface area contributed by atoms with Crippen molar-refractivity contribution >= 4 is 17.8 Å². The first-order valence-corrected chi connectivity index (χ1v) is 7.71. The summed E-state index contributed by atoms with van der Waals surface area (Å²) >= 11 is 0. The van der Waals surface area contributed by atoms with Crippen LogP contribution < -0.4 is 15.0 Å². The summed E-state index contributed by atoms with van der Waals surface area (Å²) in [5, 5.41) is 2.86. The zero-order chi connectivity index (χ0) is 15.1. The molecule has 1 N–H and O–H groups in total. The van der Waals surface area contributed by atoms with Gasteiger partial charge in [0.2, 0.25) is 0 Å². The van der Waals surface area contributed by atoms with Gasteiger partial charge in [-0.1, -0.05) is 32.4 Å². The third-order valence-electron chi connectivity index (χ3n) is 3.61. The number of nitrogens with one attached hydrogen (secondary N) is 1. The molecular formula is C17H24N2O2. The predicted molar refractivity (Wildman–Crippen MR) is 86.9 cm³/mol. The van der Waals surface area contributed by atoms with Crippen molar-refractivity contribution in [2.24, 2.45) is 0 Å². The number of hydrogen-bond acceptors (Lipinski definition) is 2. The van der Waals surface area contributed by atoms with Gasteiger partial charge < -0.3 is 10.1 Å². The second-order valence-corrected chi connectivity index (χ2v) is 5.22. The molecule has 1 fully saturated rings. The van der Waals surface area contributed by atoms with E-state index in [1.54, 1.807) is 11.0 Å². The Hall–Kier alpha value is -1.97. The second kappa shape index (κ2) is 7.72. The molecule has 21 heavy (non-hydrogen) atoms. The van der Waals surface area contributed by atoms with Gasteiger partial charge in [-0.05, 0) is 25.0 Å². The average Bonchev–Trinajstić information content (AvgIpc) is 2.52. The van der Waals surface area contributed by atoms with E-state index < -0.39 is 0 Å². The van der Waals surface area contributed by atoms with Crippen LogP contribution in [0.25, 0.3) is 6.08 Å². The van der Waals surface area contributed by atoms with E-state index >= 15 is 0 Å². The Bertz CT molecular complexity index is 500. The smallest absolute Gasteiger partial charge is 0.321 e. The van der Waals surface area contributed by atoms with Gasteiger partial charge in [0.05, 0.1) is 6.61 Å². The molecule has 1 saturated heterocycles. The van der Waals surface area contributed by atoms with E-state index in [0.717, 1.165) is 49.4 Å². The molecule has 114 valence electrons. The Morgan fingerprint density at radius 3 is 3.00 bits per heavy atom. The fourth-order valence-corrected chi connectivity index (χ4v) is 2.39. The molecule has 0 unspecified atom stereocenters. The molecule has 0 aromatic heterocycles. The minimum atomic E-state index is -0.0375. The molecule has 1 aromatic carbocycles. The summed E-state index contributed by atoms with van der Waals surface area (Å²) in [5.74, 6) is 0.803. The first-order valence-electron chi connectivity index (χ1n) is 7.71. The van der Waals surface area contributed by atoms with Gasteiger partial charge >= 0.3 is 6.03 Å². The summed E-state index contributed by atoms with van der Waals surface area (Å²) in [5.41, 5.74) is 1.84. The molecular weight excluding hydrogens is 264 g/mol. The minimum Gasteiger partial charge on any atom is -0.493 e. The number of carbonyl (C=O) groups is 1. The van der Waals surface area contributed by atoms with Crippen LogP contribution in [0.4, 0.5) is 10.5 Å². The van der Waals surface area contributed by atoms with Crippen LogP contribution in [0, 0.1) is 0 Å². The Morgan fingerprint density at radius 1 is 1.43 bits per heavy atom. The van der Waals surface area contributed by atoms with Crippen LogP contribution in [0.2, 0.25) is 0 Å². The number of amides is 2. The Kier molecular flexibility index (Phi) is 5.67. The lowest BCUT2D eigenvalue weighted by Crippen LogP contribution is -2.46. The monoisotopic (exact) mass is 288 g/mol. The SMILES string of the molecule is C=Cc1ccc(N2CCCNC2=O)cc1OCCCCC. The lowest BCUT2D eigenvalue weighted by Gasteiger charge is -2.28. The van der Waals surface area contributed by atoms with Gasteiger partial charge in [-0.3, -0.25) is 4.90 Å². The maximum absolute atomic E-state index is 11.9. The summed E-state index contributed by atoms with van der Waals surface area (Å²) in [6, 6.07) is 5.80. The lowest BCUT2D eigenvalue weighted by molar-refractivity contribution is 0.243. The van der Waals surface area contributed by atoms with Crippen LogP contribution >= 0.6 is 0 Å². The Morgan fingerprint density at radius 2 is 2.29 bits per heavy atom. The van der Waals surface area contributed by atoms with Crippen LogP contribution in [-0.2, 0) is 0 Å². The quantitative estimate of drug-likeness (QED) is 0.775. The average molecular weight is 288 g/mol. The fourth-order valence-electron chi connectivity index (χ4n) is 2.39. The van der Waals surface area contributed by atoms with Crippen molar-refractivity contribution in [3.8, 4) is 5.75 Å². The van der Waals surface area contributed by atoms with Crippen molar-refractivity contribution in [3.05, 3.63) is 30.3 Å². The predicted octanol–water partition coefficient (Wildman–Crippen LogP) is 3.82. The number of ether oxygens (including phenoxy) is 1. The van der Waals surface area contributed by atoms with E-state index in [1.807, 2.05) is 18.2 Å². The fraction of sp³-hybridized carbons (Fsp3) is 0.471. The van der Waals surface area contributed by atoms with Gasteiger partial charge in [0, 0.05) is 30.4 Å². The topological polar surface area (TPSA) is 41.6 Å². The number of carbonyl (C=O) groups excluding carboxylic acids is 1. The maximum atomic E-state index is 11.9. The van der Waals surface area contributed by atoms with Crippen LogP contribution in [0.5, 0.6) is 5.75 Å². The highest BCUT2D eigenvalue weighted by Gasteiger charge is 2.20. The minimum absolute atomic E-state index is 0.0375. The highest BCUT2D eigenvalue weighted by molar-refractivity contribution is 5.93. The van der Waals surface area contributed by atoms with E-state index in [4.69, 9.17) is 4.74 Å². The van der Waals surface area contributed by atoms with Crippen molar-refractivity contribution in [1.82, 2.24) is 5.32 Å². The van der Waals surface area contributed by atoms with Crippen molar-refractivity contribution in [2.75, 3.05) is 24.6 Å². The van der Waals surface area contributed by atoms with E-state index in [0.29, 0.717) is 6.61 Å². The molecule has 0 spiro atoms. The van der Waals surface area contributed by atoms with Crippen molar-refractivity contribution < 1.29 is 9.53 Å². The number of hydrogen-bond donors (Lipinski definition) is 1. The number of unbranched alkanes of at least 4 members (excludes halogenated alkanes) is 2. The van der Waals surface area contributed by atoms with Gasteiger partial charge in [0.1, 0.15) is 5.75 Å². The summed E-state index contributed by atoms with van der Waals surface area (Å²) in [6.07, 6.45) is 6.13. The molecule has 2 amide bonds. The normalized spacial score (nSPS) is 14.7. The molecule has 0 bridgehead atoms. The molecule has 0 atom stereocenters. The van der Waals surface area contributed by atoms with Gasteiger partial charge in [-0.2, -0.15) is 0 Å². The molecule has 1 heterocycles. The zero-order valence-electron chi connectivity index (χ0n) is 12.7. The summed E-state index contributed by atoms with van der Waals surface area (Å²) in [4.78, 5) is 13.7. The molecule has 0 saturated carbocycles. The molecule has 2 rings (SSSR count). The van der Waals surface area contributed by atoms with E-state index in [9.17, 15) is 4.79 Å². The molecule has 4 heteroatoms. The number of urea groups is 1. The van der Waals surface area contributed by atoms with E-state index in [2.05, 4.69) is 18.8 Å². The van der Waals surface area contributed by atoms with Gasteiger partial charge in [-0.25, -0.2) is 4.79 Å². The summed E-state index contributed by atoms with van der Waals surface area (Å²) < 4.78 is 5.87. The highest BCUT2D eigenvalue weighted by Crippen LogP contribution is 2.28. The number of anilines is 1. The van der Waals surface area contributed by atoms with Gasteiger partial charge in [0.15, 0.2) is 0 Å². The highest BCUT2D eigenvalue weighted by atomic mass is 16.5. The van der Waals surface area contributed by atoms with Crippen LogP contribution in [-0.4, -0.2) is 25.7 Å².